The van der Waals surface area contributed by atoms with Crippen LogP contribution in [0.15, 0.2) is 47.5 Å². The predicted octanol–water partition coefficient (Wildman–Crippen LogP) is 3.49. The third-order valence-corrected chi connectivity index (χ3v) is 6.88. The number of rotatable bonds is 3. The summed E-state index contributed by atoms with van der Waals surface area (Å²) in [4.78, 5) is 21.4. The van der Waals surface area contributed by atoms with Gasteiger partial charge in [0.05, 0.1) is 6.04 Å². The van der Waals surface area contributed by atoms with Crippen molar-refractivity contribution in [2.45, 2.75) is 37.3 Å². The summed E-state index contributed by atoms with van der Waals surface area (Å²) in [5, 5.41) is 13.2. The molecule has 6 heteroatoms. The quantitative estimate of drug-likeness (QED) is 0.767. The molecule has 1 aliphatic heterocycles. The largest absolute Gasteiger partial charge is 0.508 e. The molecule has 0 radical (unpaired) electrons. The minimum atomic E-state index is -0.211. The number of carbonyl (C=O) groups is 1. The molecule has 1 saturated heterocycles. The molecular formula is C24H30N4O2. The minimum Gasteiger partial charge on any atom is -0.508 e. The van der Waals surface area contributed by atoms with Crippen LogP contribution in [0, 0.1) is 0 Å². The number of amides is 2. The van der Waals surface area contributed by atoms with Gasteiger partial charge in [-0.25, -0.2) is 4.79 Å². The van der Waals surface area contributed by atoms with Crippen LogP contribution in [0.2, 0.25) is 0 Å². The summed E-state index contributed by atoms with van der Waals surface area (Å²) in [5.74, 6) is 0.286. The van der Waals surface area contributed by atoms with E-state index in [0.717, 1.165) is 30.6 Å². The van der Waals surface area contributed by atoms with E-state index in [1.165, 1.54) is 11.1 Å². The van der Waals surface area contributed by atoms with Gasteiger partial charge in [-0.1, -0.05) is 25.1 Å². The van der Waals surface area contributed by atoms with Crippen molar-refractivity contribution in [2.75, 3.05) is 33.0 Å². The Morgan fingerprint density at radius 3 is 2.73 bits per heavy atom. The van der Waals surface area contributed by atoms with Gasteiger partial charge in [0.2, 0.25) is 0 Å². The third kappa shape index (κ3) is 3.45. The first-order valence-corrected chi connectivity index (χ1v) is 10.4. The number of hydrogen-bond donors (Lipinski definition) is 2. The molecule has 1 fully saturated rings. The summed E-state index contributed by atoms with van der Waals surface area (Å²) in [6.07, 6.45) is 3.59. The number of anilines is 1. The van der Waals surface area contributed by atoms with Gasteiger partial charge in [0.1, 0.15) is 5.75 Å². The molecule has 2 N–H and O–H groups in total. The summed E-state index contributed by atoms with van der Waals surface area (Å²) in [6.45, 7) is 3.21. The second-order valence-corrected chi connectivity index (χ2v) is 8.76. The first kappa shape index (κ1) is 20.4. The Hall–Kier alpha value is -2.86. The molecule has 2 amide bonds. The lowest BCUT2D eigenvalue weighted by atomic mass is 9.61. The smallest absolute Gasteiger partial charge is 0.321 e. The van der Waals surface area contributed by atoms with E-state index in [9.17, 15) is 9.90 Å². The average Bonchev–Trinajstić information content (AvgIpc) is 2.73. The number of phenolic OH excluding ortho intramolecular Hbond substituents is 1. The Kier molecular flexibility index (Phi) is 5.28. The van der Waals surface area contributed by atoms with Crippen LogP contribution < -0.4 is 5.32 Å². The van der Waals surface area contributed by atoms with Crippen molar-refractivity contribution < 1.29 is 9.90 Å². The molecule has 1 aliphatic carbocycles. The predicted molar refractivity (Wildman–Crippen MR) is 121 cm³/mol. The first-order valence-electron chi connectivity index (χ1n) is 10.4. The number of piperidine rings is 1. The number of aromatic hydroxyl groups is 1. The molecule has 4 rings (SSSR count). The number of benzene rings is 2. The van der Waals surface area contributed by atoms with Gasteiger partial charge in [0.25, 0.3) is 0 Å². The maximum absolute atomic E-state index is 13.2. The summed E-state index contributed by atoms with van der Waals surface area (Å²) in [6, 6.07) is 13.5. The molecule has 2 aromatic rings. The Morgan fingerprint density at radius 2 is 2.03 bits per heavy atom. The molecule has 3 atom stereocenters. The third-order valence-electron chi connectivity index (χ3n) is 6.88. The lowest BCUT2D eigenvalue weighted by Crippen LogP contribution is -2.67. The van der Waals surface area contributed by atoms with Crippen molar-refractivity contribution >= 4 is 17.9 Å². The fourth-order valence-corrected chi connectivity index (χ4v) is 5.27. The topological polar surface area (TPSA) is 68.2 Å². The van der Waals surface area contributed by atoms with Crippen molar-refractivity contribution in [1.29, 1.82) is 0 Å². The van der Waals surface area contributed by atoms with E-state index in [1.54, 1.807) is 19.3 Å². The van der Waals surface area contributed by atoms with E-state index in [0.29, 0.717) is 0 Å². The SMILES string of the molecule is CN=Cc1ccc(NC(=O)N(C)[C@@H]2C3Cc4ccc(O)cc4[C@@]2(C)CCN3C)cc1. The van der Waals surface area contributed by atoms with Crippen LogP contribution in [0.4, 0.5) is 10.5 Å². The van der Waals surface area contributed by atoms with Crippen LogP contribution in [0.25, 0.3) is 0 Å². The normalized spacial score (nSPS) is 25.7. The Labute approximate surface area is 178 Å². The van der Waals surface area contributed by atoms with E-state index in [4.69, 9.17) is 0 Å². The molecule has 0 saturated carbocycles. The highest BCUT2D eigenvalue weighted by Crippen LogP contribution is 2.47. The number of likely N-dealkylation sites (tertiary alicyclic amines) is 1. The lowest BCUT2D eigenvalue weighted by molar-refractivity contribution is 0.0213. The molecule has 2 aliphatic rings. The Morgan fingerprint density at radius 1 is 1.30 bits per heavy atom. The monoisotopic (exact) mass is 406 g/mol. The Balaban J connectivity index is 1.62. The van der Waals surface area contributed by atoms with Crippen molar-refractivity contribution in [3.05, 3.63) is 59.2 Å². The van der Waals surface area contributed by atoms with Crippen LogP contribution in [0.5, 0.6) is 5.75 Å². The summed E-state index contributed by atoms with van der Waals surface area (Å²) in [5.41, 5.74) is 3.98. The van der Waals surface area contributed by atoms with Crippen LogP contribution in [-0.2, 0) is 11.8 Å². The zero-order chi connectivity index (χ0) is 21.5. The molecule has 2 aromatic carbocycles. The zero-order valence-electron chi connectivity index (χ0n) is 18.1. The van der Waals surface area contributed by atoms with Crippen LogP contribution in [0.3, 0.4) is 0 Å². The van der Waals surface area contributed by atoms with Gasteiger partial charge in [0, 0.05) is 37.5 Å². The lowest BCUT2D eigenvalue weighted by Gasteiger charge is -2.57. The van der Waals surface area contributed by atoms with Crippen LogP contribution in [0.1, 0.15) is 30.0 Å². The summed E-state index contributed by atoms with van der Waals surface area (Å²) in [7, 11) is 5.76. The maximum Gasteiger partial charge on any atom is 0.321 e. The van der Waals surface area contributed by atoms with Crippen molar-refractivity contribution in [3.8, 4) is 5.75 Å². The molecule has 0 aromatic heterocycles. The van der Waals surface area contributed by atoms with E-state index in [1.807, 2.05) is 48.3 Å². The fraction of sp³-hybridized carbons (Fsp3) is 0.417. The fourth-order valence-electron chi connectivity index (χ4n) is 5.27. The second kappa shape index (κ2) is 7.76. The van der Waals surface area contributed by atoms with Gasteiger partial charge >= 0.3 is 6.03 Å². The summed E-state index contributed by atoms with van der Waals surface area (Å²) < 4.78 is 0. The number of carbonyl (C=O) groups excluding carboxylic acids is 1. The summed E-state index contributed by atoms with van der Waals surface area (Å²) >= 11 is 0. The van der Waals surface area contributed by atoms with Gasteiger partial charge in [-0.15, -0.1) is 0 Å². The van der Waals surface area contributed by atoms with Gasteiger partial charge < -0.3 is 20.2 Å². The molecule has 158 valence electrons. The number of nitrogens with zero attached hydrogens (tertiary/aromatic N) is 3. The number of fused-ring (bicyclic) bond motifs is 4. The molecule has 30 heavy (non-hydrogen) atoms. The zero-order valence-corrected chi connectivity index (χ0v) is 18.1. The van der Waals surface area contributed by atoms with Crippen LogP contribution in [-0.4, -0.2) is 66.9 Å². The maximum atomic E-state index is 13.2. The van der Waals surface area contributed by atoms with E-state index >= 15 is 0 Å². The number of likely N-dealkylation sites (N-methyl/N-ethyl adjacent to an activating group) is 2. The molecule has 1 heterocycles. The number of hydrogen-bond acceptors (Lipinski definition) is 4. The van der Waals surface area contributed by atoms with E-state index in [-0.39, 0.29) is 29.3 Å². The number of phenols is 1. The Bertz CT molecular complexity index is 972. The molecule has 2 bridgehead atoms. The number of aliphatic imine (C=N–C) groups is 1. The number of nitrogens with one attached hydrogen (secondary N) is 1. The van der Waals surface area contributed by atoms with Gasteiger partial charge in [-0.3, -0.25) is 4.99 Å². The van der Waals surface area contributed by atoms with E-state index in [2.05, 4.69) is 29.2 Å². The van der Waals surface area contributed by atoms with Crippen LogP contribution >= 0.6 is 0 Å². The molecular weight excluding hydrogens is 376 g/mol. The first-order chi connectivity index (χ1) is 14.3. The van der Waals surface area contributed by atoms with E-state index < -0.39 is 0 Å². The highest BCUT2D eigenvalue weighted by Gasteiger charge is 2.52. The highest BCUT2D eigenvalue weighted by atomic mass is 16.3. The minimum absolute atomic E-state index is 0.0112. The van der Waals surface area contributed by atoms with Crippen molar-refractivity contribution in [3.63, 3.8) is 0 Å². The number of urea groups is 1. The van der Waals surface area contributed by atoms with Gasteiger partial charge in [-0.2, -0.15) is 0 Å². The standard InChI is InChI=1S/C24H30N4O2/c1-24-11-12-27(3)21(13-17-7-10-19(29)14-20(17)24)22(24)28(4)23(30)26-18-8-5-16(6-9-18)15-25-2/h5-10,14-15,21-22,29H,11-13H2,1-4H3,(H,26,30)/t21?,22-,24-/m1/s1. The van der Waals surface area contributed by atoms with Crippen molar-refractivity contribution in [1.82, 2.24) is 9.80 Å². The highest BCUT2D eigenvalue weighted by molar-refractivity contribution is 5.90. The molecule has 6 nitrogen and oxygen atoms in total. The molecule has 0 spiro atoms. The van der Waals surface area contributed by atoms with Gasteiger partial charge in [-0.05, 0) is 67.4 Å². The average molecular weight is 407 g/mol. The van der Waals surface area contributed by atoms with Gasteiger partial charge in [0.15, 0.2) is 0 Å². The van der Waals surface area contributed by atoms with Crippen molar-refractivity contribution in [2.24, 2.45) is 4.99 Å². The molecule has 1 unspecified atom stereocenters. The second-order valence-electron chi connectivity index (χ2n) is 8.76.